The highest BCUT2D eigenvalue weighted by atomic mass is 14.5. The Morgan fingerprint density at radius 3 is 2.57 bits per heavy atom. The Kier molecular flexibility index (Phi) is 6.64. The van der Waals surface area contributed by atoms with Gasteiger partial charge < -0.3 is 5.73 Å². The fourth-order valence-electron chi connectivity index (χ4n) is 2.50. The molecule has 0 radical (unpaired) electrons. The van der Waals surface area contributed by atoms with Gasteiger partial charge in [-0.3, -0.25) is 0 Å². The predicted molar refractivity (Wildman–Crippen MR) is 95.1 cm³/mol. The minimum absolute atomic E-state index is 0.228. The molecular formula is C20H29N. The molecule has 114 valence electrons. The molecule has 1 heteroatoms. The van der Waals surface area contributed by atoms with Gasteiger partial charge in [0.25, 0.3) is 0 Å². The van der Waals surface area contributed by atoms with Crippen molar-refractivity contribution >= 4 is 0 Å². The number of hydrogen-bond acceptors (Lipinski definition) is 1. The van der Waals surface area contributed by atoms with Crippen molar-refractivity contribution in [2.45, 2.75) is 41.0 Å². The molecule has 0 fully saturated rings. The molecule has 0 aromatic heterocycles. The minimum atomic E-state index is 0.228. The summed E-state index contributed by atoms with van der Waals surface area (Å²) in [7, 11) is 0. The van der Waals surface area contributed by atoms with E-state index in [1.807, 2.05) is 6.08 Å². The Balaban J connectivity index is 2.80. The first kappa shape index (κ1) is 17.5. The Labute approximate surface area is 130 Å². The molecule has 1 rings (SSSR count). The monoisotopic (exact) mass is 283 g/mol. The third kappa shape index (κ3) is 5.73. The van der Waals surface area contributed by atoms with Crippen LogP contribution in [0.3, 0.4) is 0 Å². The quantitative estimate of drug-likeness (QED) is 0.685. The fraction of sp³-hybridized carbons (Fsp3) is 0.400. The van der Waals surface area contributed by atoms with E-state index in [1.165, 1.54) is 22.3 Å². The number of allylic oxidation sites excluding steroid dienone is 11. The molecule has 0 aromatic rings. The third-order valence-corrected chi connectivity index (χ3v) is 3.82. The second-order valence-corrected chi connectivity index (χ2v) is 6.37. The van der Waals surface area contributed by atoms with Gasteiger partial charge in [0.2, 0.25) is 0 Å². The van der Waals surface area contributed by atoms with Gasteiger partial charge in [0.15, 0.2) is 0 Å². The smallest absolute Gasteiger partial charge is 0.0112 e. The van der Waals surface area contributed by atoms with E-state index in [2.05, 4.69) is 77.2 Å². The summed E-state index contributed by atoms with van der Waals surface area (Å²) >= 11 is 0. The van der Waals surface area contributed by atoms with Crippen LogP contribution in [0.15, 0.2) is 70.9 Å². The number of nitrogens with two attached hydrogens (primary N) is 1. The molecule has 0 atom stereocenters. The van der Waals surface area contributed by atoms with Crippen LogP contribution in [0.2, 0.25) is 0 Å². The van der Waals surface area contributed by atoms with Gasteiger partial charge in [-0.25, -0.2) is 0 Å². The third-order valence-electron chi connectivity index (χ3n) is 3.82. The zero-order valence-electron chi connectivity index (χ0n) is 14.1. The van der Waals surface area contributed by atoms with Crippen LogP contribution in [0.1, 0.15) is 41.0 Å². The zero-order chi connectivity index (χ0) is 15.9. The molecular weight excluding hydrogens is 254 g/mol. The average Bonchev–Trinajstić information content (AvgIpc) is 2.37. The molecule has 0 heterocycles. The normalized spacial score (nSPS) is 20.1. The average molecular weight is 283 g/mol. The molecule has 0 spiro atoms. The zero-order valence-corrected chi connectivity index (χ0v) is 14.1. The first-order chi connectivity index (χ1) is 9.86. The van der Waals surface area contributed by atoms with E-state index in [1.54, 1.807) is 0 Å². The van der Waals surface area contributed by atoms with Gasteiger partial charge in [0.05, 0.1) is 0 Å². The highest BCUT2D eigenvalue weighted by molar-refractivity contribution is 5.42. The Morgan fingerprint density at radius 2 is 1.95 bits per heavy atom. The lowest BCUT2D eigenvalue weighted by molar-refractivity contribution is 0.456. The minimum Gasteiger partial charge on any atom is -0.327 e. The van der Waals surface area contributed by atoms with E-state index in [4.69, 9.17) is 5.73 Å². The molecule has 0 aromatic carbocycles. The standard InChI is InChI=1S/C20H29N/c1-16(8-6-9-17(2)13-15-21)11-12-19-18(3)10-7-14-20(19,4)5/h6-13H,14-15,21H2,1-5H3/b9-6+,12-11+,16-8+,17-13+. The largest absolute Gasteiger partial charge is 0.327 e. The summed E-state index contributed by atoms with van der Waals surface area (Å²) in [5.41, 5.74) is 11.0. The van der Waals surface area contributed by atoms with Gasteiger partial charge >= 0.3 is 0 Å². The van der Waals surface area contributed by atoms with Gasteiger partial charge in [-0.1, -0.05) is 73.6 Å². The van der Waals surface area contributed by atoms with Crippen molar-refractivity contribution in [3.63, 3.8) is 0 Å². The van der Waals surface area contributed by atoms with Gasteiger partial charge in [0.1, 0.15) is 0 Å². The maximum Gasteiger partial charge on any atom is 0.0112 e. The Hall–Kier alpha value is -1.60. The summed E-state index contributed by atoms with van der Waals surface area (Å²) in [6, 6.07) is 0. The van der Waals surface area contributed by atoms with Crippen LogP contribution in [0.25, 0.3) is 0 Å². The molecule has 1 aliphatic rings. The molecule has 1 nitrogen and oxygen atoms in total. The summed E-state index contributed by atoms with van der Waals surface area (Å²) in [4.78, 5) is 0. The lowest BCUT2D eigenvalue weighted by Crippen LogP contribution is -2.16. The van der Waals surface area contributed by atoms with Crippen LogP contribution < -0.4 is 5.73 Å². The fourth-order valence-corrected chi connectivity index (χ4v) is 2.50. The van der Waals surface area contributed by atoms with Gasteiger partial charge in [-0.05, 0) is 43.8 Å². The lowest BCUT2D eigenvalue weighted by Gasteiger charge is -2.29. The molecule has 2 N–H and O–H groups in total. The summed E-state index contributed by atoms with van der Waals surface area (Å²) in [6.07, 6.45) is 18.4. The molecule has 0 amide bonds. The van der Waals surface area contributed by atoms with E-state index in [0.29, 0.717) is 6.54 Å². The first-order valence-electron chi connectivity index (χ1n) is 7.64. The van der Waals surface area contributed by atoms with Crippen molar-refractivity contribution in [2.24, 2.45) is 11.1 Å². The van der Waals surface area contributed by atoms with Crippen LogP contribution in [0.4, 0.5) is 0 Å². The van der Waals surface area contributed by atoms with E-state index in [9.17, 15) is 0 Å². The van der Waals surface area contributed by atoms with Crippen molar-refractivity contribution < 1.29 is 0 Å². The van der Waals surface area contributed by atoms with Crippen LogP contribution in [-0.4, -0.2) is 6.54 Å². The summed E-state index contributed by atoms with van der Waals surface area (Å²) < 4.78 is 0. The first-order valence-corrected chi connectivity index (χ1v) is 7.64. The van der Waals surface area contributed by atoms with Gasteiger partial charge in [0, 0.05) is 6.54 Å². The molecule has 0 aliphatic heterocycles. The highest BCUT2D eigenvalue weighted by Gasteiger charge is 2.23. The number of hydrogen-bond donors (Lipinski definition) is 1. The van der Waals surface area contributed by atoms with Crippen LogP contribution in [0.5, 0.6) is 0 Å². The summed E-state index contributed by atoms with van der Waals surface area (Å²) in [6.45, 7) is 11.6. The maximum absolute atomic E-state index is 5.48. The van der Waals surface area contributed by atoms with Gasteiger partial charge in [-0.2, -0.15) is 0 Å². The van der Waals surface area contributed by atoms with Crippen LogP contribution >= 0.6 is 0 Å². The van der Waals surface area contributed by atoms with Crippen LogP contribution in [0, 0.1) is 5.41 Å². The molecule has 1 aliphatic carbocycles. The summed E-state index contributed by atoms with van der Waals surface area (Å²) in [5.74, 6) is 0. The number of rotatable bonds is 5. The molecule has 0 unspecified atom stereocenters. The molecule has 0 saturated heterocycles. The highest BCUT2D eigenvalue weighted by Crippen LogP contribution is 2.37. The Bertz CT molecular complexity index is 534. The maximum atomic E-state index is 5.48. The van der Waals surface area contributed by atoms with E-state index in [0.717, 1.165) is 6.42 Å². The van der Waals surface area contributed by atoms with Crippen molar-refractivity contribution in [2.75, 3.05) is 6.54 Å². The predicted octanol–water partition coefficient (Wildman–Crippen LogP) is 5.25. The van der Waals surface area contributed by atoms with Crippen molar-refractivity contribution in [3.8, 4) is 0 Å². The van der Waals surface area contributed by atoms with Crippen LogP contribution in [-0.2, 0) is 0 Å². The topological polar surface area (TPSA) is 26.0 Å². The second-order valence-electron chi connectivity index (χ2n) is 6.37. The SMILES string of the molecule is CC1=C(/C=C/C(C)=C/C=C/C(C)=C/CN)C(C)(C)CC=C1. The van der Waals surface area contributed by atoms with E-state index >= 15 is 0 Å². The summed E-state index contributed by atoms with van der Waals surface area (Å²) in [5, 5.41) is 0. The molecule has 21 heavy (non-hydrogen) atoms. The van der Waals surface area contributed by atoms with Crippen molar-refractivity contribution in [1.82, 2.24) is 0 Å². The van der Waals surface area contributed by atoms with Crippen molar-refractivity contribution in [3.05, 3.63) is 70.9 Å². The van der Waals surface area contributed by atoms with Gasteiger partial charge in [-0.15, -0.1) is 0 Å². The van der Waals surface area contributed by atoms with Crippen molar-refractivity contribution in [1.29, 1.82) is 0 Å². The second kappa shape index (κ2) is 7.99. The van der Waals surface area contributed by atoms with E-state index < -0.39 is 0 Å². The molecule has 0 saturated carbocycles. The molecule has 0 bridgehead atoms. The van der Waals surface area contributed by atoms with E-state index in [-0.39, 0.29) is 5.41 Å². The lowest BCUT2D eigenvalue weighted by atomic mass is 9.75. The Morgan fingerprint density at radius 1 is 1.24 bits per heavy atom.